The molecule has 1 rings (SSSR count). The summed E-state index contributed by atoms with van der Waals surface area (Å²) in [5.74, 6) is -0.305. The molecule has 0 saturated carbocycles. The fourth-order valence-electron chi connectivity index (χ4n) is 3.46. The predicted octanol–water partition coefficient (Wildman–Crippen LogP) is 2.20. The molecule has 22 heavy (non-hydrogen) atoms. The van der Waals surface area contributed by atoms with Gasteiger partial charge < -0.3 is 16.4 Å². The van der Waals surface area contributed by atoms with Gasteiger partial charge in [-0.25, -0.2) is 0 Å². The van der Waals surface area contributed by atoms with Gasteiger partial charge in [0.2, 0.25) is 0 Å². The molecule has 0 radical (unpaired) electrons. The van der Waals surface area contributed by atoms with Gasteiger partial charge in [-0.3, -0.25) is 4.79 Å². The summed E-state index contributed by atoms with van der Waals surface area (Å²) in [6.07, 6.45) is 3.53. The zero-order chi connectivity index (χ0) is 17.0. The molecular weight excluding hydrogens is 276 g/mol. The number of rotatable bonds is 5. The van der Waals surface area contributed by atoms with E-state index >= 15 is 0 Å². The van der Waals surface area contributed by atoms with Crippen LogP contribution in [0.5, 0.6) is 0 Å². The highest BCUT2D eigenvalue weighted by atomic mass is 16.1. The second-order valence-electron chi connectivity index (χ2n) is 7.55. The number of nitrogens with zero attached hydrogens (tertiary/aromatic N) is 1. The van der Waals surface area contributed by atoms with E-state index in [9.17, 15) is 10.1 Å². The molecule has 1 fully saturated rings. The van der Waals surface area contributed by atoms with Crippen molar-refractivity contribution in [3.63, 3.8) is 0 Å². The molecule has 1 amide bonds. The first kappa shape index (κ1) is 18.5. The molecule has 0 atom stereocenters. The van der Waals surface area contributed by atoms with Crippen molar-refractivity contribution in [2.75, 3.05) is 6.54 Å². The van der Waals surface area contributed by atoms with Crippen LogP contribution >= 0.6 is 0 Å². The number of allylic oxidation sites excluding steroid dienone is 1. The molecule has 0 aromatic heterocycles. The Morgan fingerprint density at radius 3 is 2.32 bits per heavy atom. The SMILES string of the molecule is CCCCNC(=O)C(C#N)=C(N)C1CC(C)(C)NC(C)(C)C1. The molecule has 4 N–H and O–H groups in total. The van der Waals surface area contributed by atoms with Crippen molar-refractivity contribution in [3.05, 3.63) is 11.3 Å². The van der Waals surface area contributed by atoms with Crippen molar-refractivity contribution in [2.45, 2.75) is 71.4 Å². The number of carbonyl (C=O) groups is 1. The van der Waals surface area contributed by atoms with Gasteiger partial charge in [-0.1, -0.05) is 13.3 Å². The number of carbonyl (C=O) groups excluding carboxylic acids is 1. The van der Waals surface area contributed by atoms with E-state index < -0.39 is 0 Å². The van der Waals surface area contributed by atoms with E-state index in [0.29, 0.717) is 12.2 Å². The summed E-state index contributed by atoms with van der Waals surface area (Å²) in [4.78, 5) is 12.2. The molecule has 0 aromatic carbocycles. The average molecular weight is 306 g/mol. The number of nitriles is 1. The first-order chi connectivity index (χ1) is 10.1. The lowest BCUT2D eigenvalue weighted by Crippen LogP contribution is -2.58. The van der Waals surface area contributed by atoms with E-state index in [0.717, 1.165) is 25.7 Å². The molecule has 124 valence electrons. The van der Waals surface area contributed by atoms with Gasteiger partial charge in [0.1, 0.15) is 11.6 Å². The van der Waals surface area contributed by atoms with Crippen LogP contribution in [-0.4, -0.2) is 23.5 Å². The number of nitrogens with one attached hydrogen (secondary N) is 2. The lowest BCUT2D eigenvalue weighted by molar-refractivity contribution is -0.117. The number of nitrogens with two attached hydrogens (primary N) is 1. The molecule has 0 spiro atoms. The van der Waals surface area contributed by atoms with Gasteiger partial charge in [0.15, 0.2) is 0 Å². The largest absolute Gasteiger partial charge is 0.401 e. The molecule has 0 aromatic rings. The molecule has 1 saturated heterocycles. The van der Waals surface area contributed by atoms with Crippen LogP contribution in [0.2, 0.25) is 0 Å². The number of hydrogen-bond acceptors (Lipinski definition) is 4. The Hall–Kier alpha value is -1.54. The van der Waals surface area contributed by atoms with Gasteiger partial charge in [-0.05, 0) is 47.0 Å². The Bertz CT molecular complexity index is 469. The first-order valence-corrected chi connectivity index (χ1v) is 8.09. The maximum atomic E-state index is 12.2. The number of amides is 1. The van der Waals surface area contributed by atoms with Crippen LogP contribution in [0, 0.1) is 17.2 Å². The van der Waals surface area contributed by atoms with Gasteiger partial charge in [0.25, 0.3) is 5.91 Å². The van der Waals surface area contributed by atoms with E-state index in [-0.39, 0.29) is 28.5 Å². The van der Waals surface area contributed by atoms with Gasteiger partial charge in [0.05, 0.1) is 0 Å². The number of piperidine rings is 1. The van der Waals surface area contributed by atoms with Gasteiger partial charge in [0, 0.05) is 29.2 Å². The summed E-state index contributed by atoms with van der Waals surface area (Å²) >= 11 is 0. The maximum Gasteiger partial charge on any atom is 0.263 e. The molecule has 0 unspecified atom stereocenters. The van der Waals surface area contributed by atoms with Gasteiger partial charge in [-0.2, -0.15) is 5.26 Å². The summed E-state index contributed by atoms with van der Waals surface area (Å²) in [6, 6.07) is 2.00. The van der Waals surface area contributed by atoms with E-state index in [1.807, 2.05) is 6.07 Å². The van der Waals surface area contributed by atoms with Crippen molar-refractivity contribution >= 4 is 5.91 Å². The van der Waals surface area contributed by atoms with Crippen molar-refractivity contribution in [2.24, 2.45) is 11.7 Å². The standard InChI is InChI=1S/C17H30N4O/c1-6-7-8-20-15(22)13(11-18)14(19)12-9-16(2,3)21-17(4,5)10-12/h12,21H,6-10,19H2,1-5H3,(H,20,22). The molecule has 5 nitrogen and oxygen atoms in total. The van der Waals surface area contributed by atoms with Crippen molar-refractivity contribution in [3.8, 4) is 6.07 Å². The van der Waals surface area contributed by atoms with Crippen molar-refractivity contribution < 1.29 is 4.79 Å². The van der Waals surface area contributed by atoms with E-state index in [1.54, 1.807) is 0 Å². The van der Waals surface area contributed by atoms with Crippen LogP contribution in [0.25, 0.3) is 0 Å². The molecule has 1 aliphatic rings. The average Bonchev–Trinajstić information content (AvgIpc) is 2.36. The van der Waals surface area contributed by atoms with Crippen LogP contribution in [0.15, 0.2) is 11.3 Å². The Kier molecular flexibility index (Phi) is 6.01. The molecule has 5 heteroatoms. The fraction of sp³-hybridized carbons (Fsp3) is 0.765. The van der Waals surface area contributed by atoms with Crippen LogP contribution in [-0.2, 0) is 4.79 Å². The van der Waals surface area contributed by atoms with E-state index in [2.05, 4.69) is 45.3 Å². The van der Waals surface area contributed by atoms with Gasteiger partial charge >= 0.3 is 0 Å². The highest BCUT2D eigenvalue weighted by Crippen LogP contribution is 2.36. The minimum absolute atomic E-state index is 0.0397. The van der Waals surface area contributed by atoms with Crippen LogP contribution < -0.4 is 16.4 Å². The summed E-state index contributed by atoms with van der Waals surface area (Å²) in [5, 5.41) is 15.7. The zero-order valence-electron chi connectivity index (χ0n) is 14.5. The second-order valence-corrected chi connectivity index (χ2v) is 7.55. The number of hydrogen-bond donors (Lipinski definition) is 3. The quantitative estimate of drug-likeness (QED) is 0.412. The minimum Gasteiger partial charge on any atom is -0.401 e. The summed E-state index contributed by atoms with van der Waals surface area (Å²) < 4.78 is 0. The minimum atomic E-state index is -0.345. The molecule has 0 aliphatic carbocycles. The predicted molar refractivity (Wildman–Crippen MR) is 88.8 cm³/mol. The molecular formula is C17H30N4O. The van der Waals surface area contributed by atoms with Gasteiger partial charge in [-0.15, -0.1) is 0 Å². The first-order valence-electron chi connectivity index (χ1n) is 8.09. The third-order valence-corrected chi connectivity index (χ3v) is 4.07. The topological polar surface area (TPSA) is 90.9 Å². The van der Waals surface area contributed by atoms with E-state index in [1.165, 1.54) is 0 Å². The Morgan fingerprint density at radius 1 is 1.32 bits per heavy atom. The smallest absolute Gasteiger partial charge is 0.263 e. The van der Waals surface area contributed by atoms with Crippen molar-refractivity contribution in [1.82, 2.24) is 10.6 Å². The molecule has 1 aliphatic heterocycles. The van der Waals surface area contributed by atoms with Crippen LogP contribution in [0.3, 0.4) is 0 Å². The van der Waals surface area contributed by atoms with Crippen molar-refractivity contribution in [1.29, 1.82) is 5.26 Å². The summed E-state index contributed by atoms with van der Waals surface area (Å²) in [6.45, 7) is 11.1. The second kappa shape index (κ2) is 7.15. The molecule has 1 heterocycles. The summed E-state index contributed by atoms with van der Waals surface area (Å²) in [7, 11) is 0. The zero-order valence-corrected chi connectivity index (χ0v) is 14.5. The summed E-state index contributed by atoms with van der Waals surface area (Å²) in [5.41, 5.74) is 6.58. The van der Waals surface area contributed by atoms with Crippen LogP contribution in [0.1, 0.15) is 60.3 Å². The lowest BCUT2D eigenvalue weighted by atomic mass is 9.74. The van der Waals surface area contributed by atoms with Crippen LogP contribution in [0.4, 0.5) is 0 Å². The Morgan fingerprint density at radius 2 is 1.86 bits per heavy atom. The molecule has 0 bridgehead atoms. The van der Waals surface area contributed by atoms with E-state index in [4.69, 9.17) is 5.73 Å². The third-order valence-electron chi connectivity index (χ3n) is 4.07. The fourth-order valence-corrected chi connectivity index (χ4v) is 3.46. The normalized spacial score (nSPS) is 21.6. The highest BCUT2D eigenvalue weighted by molar-refractivity contribution is 5.97. The monoisotopic (exact) mass is 306 g/mol. The Balaban J connectivity index is 2.95. The highest BCUT2D eigenvalue weighted by Gasteiger charge is 2.39. The number of unbranched alkanes of at least 4 members (excludes halogenated alkanes) is 1. The lowest BCUT2D eigenvalue weighted by Gasteiger charge is -2.46. The third kappa shape index (κ3) is 5.03. The maximum absolute atomic E-state index is 12.2. The Labute approximate surface area is 134 Å².